The lowest BCUT2D eigenvalue weighted by Gasteiger charge is -2.43. The van der Waals surface area contributed by atoms with Crippen LogP contribution in [0, 0.1) is 5.92 Å². The van der Waals surface area contributed by atoms with E-state index in [1.807, 2.05) is 38.5 Å². The third kappa shape index (κ3) is 3.21. The van der Waals surface area contributed by atoms with Crippen molar-refractivity contribution in [3.05, 3.63) is 28.2 Å². The minimum Gasteiger partial charge on any atom is -0.444 e. The zero-order valence-electron chi connectivity index (χ0n) is 14.3. The molecule has 126 valence electrons. The molecule has 0 spiro atoms. The number of amides is 1. The molecular formula is C17H25N3O3. The molecule has 6 nitrogen and oxygen atoms in total. The van der Waals surface area contributed by atoms with Gasteiger partial charge in [0.25, 0.3) is 5.56 Å². The summed E-state index contributed by atoms with van der Waals surface area (Å²) in [6.45, 7) is 7.58. The van der Waals surface area contributed by atoms with Crippen molar-refractivity contribution in [1.29, 1.82) is 0 Å². The van der Waals surface area contributed by atoms with E-state index in [-0.39, 0.29) is 17.6 Å². The van der Waals surface area contributed by atoms with Crippen LogP contribution in [0.1, 0.15) is 38.8 Å². The topological polar surface area (TPSA) is 63.6 Å². The number of likely N-dealkylation sites (tertiary alicyclic amines) is 1. The number of nitrogens with zero attached hydrogens (tertiary/aromatic N) is 2. The summed E-state index contributed by atoms with van der Waals surface area (Å²) < 4.78 is 7.37. The van der Waals surface area contributed by atoms with Gasteiger partial charge in [0.05, 0.1) is 0 Å². The van der Waals surface area contributed by atoms with Crippen LogP contribution in [0.2, 0.25) is 0 Å². The van der Waals surface area contributed by atoms with Crippen LogP contribution in [-0.2, 0) is 11.3 Å². The molecular weight excluding hydrogens is 294 g/mol. The summed E-state index contributed by atoms with van der Waals surface area (Å²) >= 11 is 0. The number of carbonyl (C=O) groups is 1. The normalized spacial score (nSPS) is 23.2. The second kappa shape index (κ2) is 5.58. The van der Waals surface area contributed by atoms with Gasteiger partial charge in [0.2, 0.25) is 0 Å². The van der Waals surface area contributed by atoms with E-state index in [4.69, 9.17) is 4.74 Å². The molecule has 3 rings (SSSR count). The highest BCUT2D eigenvalue weighted by Crippen LogP contribution is 2.36. The first-order chi connectivity index (χ1) is 10.8. The number of aromatic nitrogens is 1. The van der Waals surface area contributed by atoms with Crippen LogP contribution in [-0.4, -0.2) is 41.3 Å². The third-order valence-electron chi connectivity index (χ3n) is 4.50. The lowest BCUT2D eigenvalue weighted by atomic mass is 9.83. The predicted molar refractivity (Wildman–Crippen MR) is 88.9 cm³/mol. The quantitative estimate of drug-likeness (QED) is 0.862. The van der Waals surface area contributed by atoms with Crippen molar-refractivity contribution in [2.45, 2.75) is 45.3 Å². The molecule has 1 saturated heterocycles. The fourth-order valence-corrected chi connectivity index (χ4v) is 3.58. The first-order valence-electron chi connectivity index (χ1n) is 8.17. The molecule has 6 heteroatoms. The van der Waals surface area contributed by atoms with Gasteiger partial charge in [-0.1, -0.05) is 0 Å². The van der Waals surface area contributed by atoms with Gasteiger partial charge >= 0.3 is 6.09 Å². The van der Waals surface area contributed by atoms with Crippen LogP contribution in [0.5, 0.6) is 0 Å². The van der Waals surface area contributed by atoms with Gasteiger partial charge in [0.15, 0.2) is 0 Å². The molecule has 1 unspecified atom stereocenters. The minimum atomic E-state index is -0.488. The number of hydrogen-bond donors (Lipinski definition) is 1. The third-order valence-corrected chi connectivity index (χ3v) is 4.50. The van der Waals surface area contributed by atoms with E-state index in [1.54, 1.807) is 11.0 Å². The second-order valence-corrected chi connectivity index (χ2v) is 7.55. The van der Waals surface area contributed by atoms with Crippen LogP contribution in [0.15, 0.2) is 16.9 Å². The molecule has 1 fully saturated rings. The van der Waals surface area contributed by atoms with E-state index in [9.17, 15) is 9.59 Å². The maximum absolute atomic E-state index is 12.4. The van der Waals surface area contributed by atoms with Gasteiger partial charge in [-0.3, -0.25) is 4.79 Å². The van der Waals surface area contributed by atoms with Crippen LogP contribution in [0.3, 0.4) is 0 Å². The molecule has 0 aromatic carbocycles. The fraction of sp³-hybridized carbons (Fsp3) is 0.647. The van der Waals surface area contributed by atoms with Crippen LogP contribution in [0.4, 0.5) is 10.5 Å². The molecule has 0 saturated carbocycles. The first kappa shape index (κ1) is 15.9. The number of ether oxygens (including phenoxy) is 1. The van der Waals surface area contributed by atoms with Crippen molar-refractivity contribution in [2.75, 3.05) is 25.5 Å². The number of piperidine rings is 1. The zero-order valence-corrected chi connectivity index (χ0v) is 14.3. The van der Waals surface area contributed by atoms with Gasteiger partial charge in [-0.2, -0.15) is 0 Å². The Morgan fingerprint density at radius 2 is 2.00 bits per heavy atom. The average molecular weight is 319 g/mol. The maximum atomic E-state index is 12.4. The Kier molecular flexibility index (Phi) is 3.86. The summed E-state index contributed by atoms with van der Waals surface area (Å²) in [5, 5.41) is 3.04. The molecule has 1 aromatic rings. The summed E-state index contributed by atoms with van der Waals surface area (Å²) in [4.78, 5) is 26.5. The molecule has 2 atom stereocenters. The highest BCUT2D eigenvalue weighted by Gasteiger charge is 2.37. The minimum absolute atomic E-state index is 0.0345. The number of hydrogen-bond acceptors (Lipinski definition) is 4. The number of rotatable bonds is 1. The molecule has 2 bridgehead atoms. The van der Waals surface area contributed by atoms with Crippen molar-refractivity contribution < 1.29 is 9.53 Å². The fourth-order valence-electron chi connectivity index (χ4n) is 3.58. The Bertz CT molecular complexity index is 675. The summed E-state index contributed by atoms with van der Waals surface area (Å²) in [5.41, 5.74) is 1.39. The van der Waals surface area contributed by atoms with Crippen molar-refractivity contribution in [3.63, 3.8) is 0 Å². The van der Waals surface area contributed by atoms with Crippen molar-refractivity contribution in [3.8, 4) is 0 Å². The summed E-state index contributed by atoms with van der Waals surface area (Å²) in [5.74, 6) is 0.503. The Hall–Kier alpha value is -1.98. The molecule has 1 N–H and O–H groups in total. The Labute approximate surface area is 136 Å². The number of nitrogens with one attached hydrogen (secondary N) is 1. The largest absolute Gasteiger partial charge is 0.444 e. The van der Waals surface area contributed by atoms with E-state index in [0.717, 1.165) is 17.8 Å². The monoisotopic (exact) mass is 319 g/mol. The Balaban J connectivity index is 1.86. The van der Waals surface area contributed by atoms with Crippen molar-refractivity contribution in [2.24, 2.45) is 5.92 Å². The summed E-state index contributed by atoms with van der Waals surface area (Å²) in [6.07, 6.45) is 0.763. The van der Waals surface area contributed by atoms with Crippen LogP contribution < -0.4 is 10.9 Å². The number of anilines is 1. The highest BCUT2D eigenvalue weighted by atomic mass is 16.6. The highest BCUT2D eigenvalue weighted by molar-refractivity contribution is 5.68. The van der Waals surface area contributed by atoms with Gasteiger partial charge in [0.1, 0.15) is 5.60 Å². The number of carbonyl (C=O) groups excluding carboxylic acids is 1. The number of fused-ring (bicyclic) bond motifs is 4. The molecule has 3 heterocycles. The Morgan fingerprint density at radius 3 is 2.65 bits per heavy atom. The first-order valence-corrected chi connectivity index (χ1v) is 8.17. The van der Waals surface area contributed by atoms with E-state index >= 15 is 0 Å². The van der Waals surface area contributed by atoms with Gasteiger partial charge in [-0.05, 0) is 39.2 Å². The molecule has 1 aromatic heterocycles. The standard InChI is InChI=1S/C17H25N3O3/c1-17(2,3)23-16(22)19-8-11-5-12(10-19)14-6-13(18-4)7-15(21)20(14)9-11/h6-7,11-12,18H,5,8-10H2,1-4H3/t11?,12-/m0/s1. The molecule has 23 heavy (non-hydrogen) atoms. The molecule has 1 amide bonds. The van der Waals surface area contributed by atoms with E-state index < -0.39 is 5.60 Å². The van der Waals surface area contributed by atoms with Crippen LogP contribution >= 0.6 is 0 Å². The maximum Gasteiger partial charge on any atom is 0.410 e. The lowest BCUT2D eigenvalue weighted by molar-refractivity contribution is 0.0102. The number of pyridine rings is 1. The summed E-state index contributed by atoms with van der Waals surface area (Å²) in [7, 11) is 1.81. The van der Waals surface area contributed by atoms with Gasteiger partial charge in [0, 0.05) is 50.0 Å². The van der Waals surface area contributed by atoms with Crippen LogP contribution in [0.25, 0.3) is 0 Å². The van der Waals surface area contributed by atoms with Gasteiger partial charge < -0.3 is 19.5 Å². The second-order valence-electron chi connectivity index (χ2n) is 7.55. The van der Waals surface area contributed by atoms with Crippen molar-refractivity contribution in [1.82, 2.24) is 9.47 Å². The van der Waals surface area contributed by atoms with E-state index in [0.29, 0.717) is 25.6 Å². The molecule has 0 aliphatic carbocycles. The SMILES string of the molecule is CNc1cc2n(c(=O)c1)CC1C[C@H]2CN(C(=O)OC(C)(C)C)C1. The summed E-state index contributed by atoms with van der Waals surface area (Å²) in [6, 6.07) is 3.66. The molecule has 2 aliphatic rings. The van der Waals surface area contributed by atoms with Crippen molar-refractivity contribution >= 4 is 11.8 Å². The lowest BCUT2D eigenvalue weighted by Crippen LogP contribution is -2.50. The van der Waals surface area contributed by atoms with Gasteiger partial charge in [-0.15, -0.1) is 0 Å². The molecule has 0 radical (unpaired) electrons. The smallest absolute Gasteiger partial charge is 0.410 e. The Morgan fingerprint density at radius 1 is 1.26 bits per heavy atom. The van der Waals surface area contributed by atoms with E-state index in [2.05, 4.69) is 5.32 Å². The molecule has 2 aliphatic heterocycles. The zero-order chi connectivity index (χ0) is 16.8. The predicted octanol–water partition coefficient (Wildman–Crippen LogP) is 2.24. The average Bonchev–Trinajstić information content (AvgIpc) is 2.46. The van der Waals surface area contributed by atoms with E-state index in [1.165, 1.54) is 0 Å². The van der Waals surface area contributed by atoms with Gasteiger partial charge in [-0.25, -0.2) is 4.79 Å².